The predicted molar refractivity (Wildman–Crippen MR) is 100 cm³/mol. The number of nitrogens with zero attached hydrogens (tertiary/aromatic N) is 1. The van der Waals surface area contributed by atoms with Crippen molar-refractivity contribution in [1.29, 1.82) is 0 Å². The van der Waals surface area contributed by atoms with Gasteiger partial charge in [-0.3, -0.25) is 5.43 Å². The normalized spacial score (nSPS) is 12.8. The van der Waals surface area contributed by atoms with Crippen LogP contribution in [0, 0.1) is 0 Å². The Hall–Kier alpha value is -2.94. The lowest BCUT2D eigenvalue weighted by Gasteiger charge is -2.09. The zero-order valence-corrected chi connectivity index (χ0v) is 15.2. The molecule has 3 rings (SSSR count). The highest BCUT2D eigenvalue weighted by Crippen LogP contribution is 2.32. The molecule has 0 amide bonds. The molecule has 1 heterocycles. The minimum Gasteiger partial charge on any atom is -0.454 e. The first-order valence-electron chi connectivity index (χ1n) is 8.03. The van der Waals surface area contributed by atoms with Gasteiger partial charge in [0.15, 0.2) is 16.6 Å². The van der Waals surface area contributed by atoms with Crippen molar-refractivity contribution < 1.29 is 23.0 Å². The zero-order chi connectivity index (χ0) is 19.2. The number of hydrogen-bond donors (Lipinski definition) is 2. The van der Waals surface area contributed by atoms with E-state index >= 15 is 0 Å². The first-order valence-corrected chi connectivity index (χ1v) is 8.44. The number of alkyl halides is 2. The highest BCUT2D eigenvalue weighted by Gasteiger charge is 2.13. The molecule has 0 fully saturated rings. The fraction of sp³-hybridized carbons (Fsp3) is 0.222. The third-order valence-corrected chi connectivity index (χ3v) is 3.93. The Morgan fingerprint density at radius 1 is 1.22 bits per heavy atom. The van der Waals surface area contributed by atoms with Crippen LogP contribution in [0.25, 0.3) is 0 Å². The van der Waals surface area contributed by atoms with Crippen LogP contribution >= 0.6 is 12.2 Å². The Bertz CT molecular complexity index is 861. The van der Waals surface area contributed by atoms with Crippen molar-refractivity contribution in [3.05, 3.63) is 53.6 Å². The van der Waals surface area contributed by atoms with E-state index in [4.69, 9.17) is 21.7 Å². The molecule has 0 aromatic heterocycles. The molecule has 0 bridgehead atoms. The Balaban J connectivity index is 1.53. The summed E-state index contributed by atoms with van der Waals surface area (Å²) in [4.78, 5) is 0. The Morgan fingerprint density at radius 3 is 2.85 bits per heavy atom. The molecule has 0 spiro atoms. The Labute approximate surface area is 160 Å². The van der Waals surface area contributed by atoms with Gasteiger partial charge in [-0.1, -0.05) is 18.2 Å². The molecule has 9 heteroatoms. The van der Waals surface area contributed by atoms with E-state index in [1.54, 1.807) is 19.1 Å². The first-order chi connectivity index (χ1) is 13.0. The molecular formula is C18H17F2N3O3S. The van der Waals surface area contributed by atoms with Gasteiger partial charge in [0.2, 0.25) is 6.79 Å². The van der Waals surface area contributed by atoms with Gasteiger partial charge in [0, 0.05) is 12.1 Å². The molecule has 0 radical (unpaired) electrons. The van der Waals surface area contributed by atoms with Crippen LogP contribution in [0.1, 0.15) is 18.1 Å². The van der Waals surface area contributed by atoms with Crippen LogP contribution < -0.4 is 25.0 Å². The fourth-order valence-electron chi connectivity index (χ4n) is 2.37. The lowest BCUT2D eigenvalue weighted by Crippen LogP contribution is -2.32. The average molecular weight is 393 g/mol. The van der Waals surface area contributed by atoms with Crippen molar-refractivity contribution in [1.82, 2.24) is 10.7 Å². The van der Waals surface area contributed by atoms with Gasteiger partial charge < -0.3 is 19.5 Å². The van der Waals surface area contributed by atoms with Crippen molar-refractivity contribution in [2.45, 2.75) is 20.1 Å². The SMILES string of the molecule is C/C(=N/NC(=S)NCc1ccc2c(c1)OCO2)c1cccc(OC(F)F)c1. The average Bonchev–Trinajstić information content (AvgIpc) is 3.12. The molecule has 0 aliphatic carbocycles. The van der Waals surface area contributed by atoms with Gasteiger partial charge in [0.05, 0.1) is 5.71 Å². The number of nitrogens with one attached hydrogen (secondary N) is 2. The molecule has 0 atom stereocenters. The van der Waals surface area contributed by atoms with Crippen LogP contribution in [0.3, 0.4) is 0 Å². The van der Waals surface area contributed by atoms with Gasteiger partial charge in [0.1, 0.15) is 5.75 Å². The Kier molecular flexibility index (Phi) is 6.02. The summed E-state index contributed by atoms with van der Waals surface area (Å²) in [6.07, 6.45) is 0. The van der Waals surface area contributed by atoms with Crippen LogP contribution in [-0.2, 0) is 6.54 Å². The number of halogens is 2. The zero-order valence-electron chi connectivity index (χ0n) is 14.4. The summed E-state index contributed by atoms with van der Waals surface area (Å²) < 4.78 is 39.6. The van der Waals surface area contributed by atoms with E-state index in [9.17, 15) is 8.78 Å². The van der Waals surface area contributed by atoms with E-state index in [0.29, 0.717) is 28.7 Å². The fourth-order valence-corrected chi connectivity index (χ4v) is 2.49. The van der Waals surface area contributed by atoms with Crippen molar-refractivity contribution >= 4 is 23.0 Å². The second kappa shape index (κ2) is 8.63. The van der Waals surface area contributed by atoms with E-state index in [2.05, 4.69) is 20.6 Å². The summed E-state index contributed by atoms with van der Waals surface area (Å²) >= 11 is 5.19. The summed E-state index contributed by atoms with van der Waals surface area (Å²) in [5.41, 5.74) is 4.91. The highest BCUT2D eigenvalue weighted by atomic mass is 32.1. The monoisotopic (exact) mass is 393 g/mol. The summed E-state index contributed by atoms with van der Waals surface area (Å²) in [6, 6.07) is 11.9. The lowest BCUT2D eigenvalue weighted by atomic mass is 10.1. The maximum atomic E-state index is 12.3. The number of benzene rings is 2. The van der Waals surface area contributed by atoms with E-state index in [0.717, 1.165) is 11.3 Å². The lowest BCUT2D eigenvalue weighted by molar-refractivity contribution is -0.0498. The second-order valence-electron chi connectivity index (χ2n) is 5.59. The standard InChI is InChI=1S/C18H17F2N3O3S/c1-11(13-3-2-4-14(8-13)26-17(19)20)22-23-18(27)21-9-12-5-6-15-16(7-12)25-10-24-15/h2-8,17H,9-10H2,1H3,(H2,21,23,27)/b22-11-. The number of hydrogen-bond acceptors (Lipinski definition) is 5. The number of rotatable bonds is 6. The molecular weight excluding hydrogens is 376 g/mol. The number of hydrazone groups is 1. The molecule has 1 aliphatic rings. The first kappa shape index (κ1) is 18.8. The van der Waals surface area contributed by atoms with Gasteiger partial charge in [-0.2, -0.15) is 13.9 Å². The molecule has 0 unspecified atom stereocenters. The van der Waals surface area contributed by atoms with Crippen molar-refractivity contribution in [2.75, 3.05) is 6.79 Å². The number of fused-ring (bicyclic) bond motifs is 1. The number of thiocarbonyl (C=S) groups is 1. The predicted octanol–water partition coefficient (Wildman–Crippen LogP) is 3.41. The van der Waals surface area contributed by atoms with Gasteiger partial charge in [-0.25, -0.2) is 0 Å². The van der Waals surface area contributed by atoms with Gasteiger partial charge >= 0.3 is 6.61 Å². The summed E-state index contributed by atoms with van der Waals surface area (Å²) in [6.45, 7) is -0.434. The van der Waals surface area contributed by atoms with E-state index in [1.165, 1.54) is 12.1 Å². The van der Waals surface area contributed by atoms with Crippen LogP contribution in [0.5, 0.6) is 17.2 Å². The van der Waals surface area contributed by atoms with Crippen molar-refractivity contribution in [3.63, 3.8) is 0 Å². The van der Waals surface area contributed by atoms with E-state index < -0.39 is 6.61 Å². The highest BCUT2D eigenvalue weighted by molar-refractivity contribution is 7.80. The molecule has 1 aliphatic heterocycles. The largest absolute Gasteiger partial charge is 0.454 e. The van der Waals surface area contributed by atoms with Gasteiger partial charge in [0.25, 0.3) is 0 Å². The second-order valence-corrected chi connectivity index (χ2v) is 5.99. The molecule has 2 N–H and O–H groups in total. The van der Waals surface area contributed by atoms with E-state index in [-0.39, 0.29) is 12.5 Å². The van der Waals surface area contributed by atoms with Crippen LogP contribution in [0.2, 0.25) is 0 Å². The molecule has 0 saturated carbocycles. The third kappa shape index (κ3) is 5.27. The molecule has 6 nitrogen and oxygen atoms in total. The molecule has 142 valence electrons. The smallest absolute Gasteiger partial charge is 0.387 e. The van der Waals surface area contributed by atoms with Crippen LogP contribution in [0.15, 0.2) is 47.6 Å². The minimum absolute atomic E-state index is 0.0700. The van der Waals surface area contributed by atoms with Crippen molar-refractivity contribution in [3.8, 4) is 17.2 Å². The molecule has 27 heavy (non-hydrogen) atoms. The quantitative estimate of drug-likeness (QED) is 0.446. The molecule has 2 aromatic rings. The number of ether oxygens (including phenoxy) is 3. The van der Waals surface area contributed by atoms with Crippen LogP contribution in [-0.4, -0.2) is 24.2 Å². The maximum absolute atomic E-state index is 12.3. The van der Waals surface area contributed by atoms with Gasteiger partial charge in [-0.15, -0.1) is 0 Å². The topological polar surface area (TPSA) is 64.1 Å². The summed E-state index contributed by atoms with van der Waals surface area (Å²) in [5.74, 6) is 1.49. The van der Waals surface area contributed by atoms with Gasteiger partial charge in [-0.05, 0) is 49.0 Å². The van der Waals surface area contributed by atoms with E-state index in [1.807, 2.05) is 18.2 Å². The minimum atomic E-state index is -2.87. The third-order valence-electron chi connectivity index (χ3n) is 3.69. The summed E-state index contributed by atoms with van der Waals surface area (Å²) in [7, 11) is 0. The molecule has 2 aromatic carbocycles. The molecule has 0 saturated heterocycles. The summed E-state index contributed by atoms with van der Waals surface area (Å²) in [5, 5.41) is 7.51. The van der Waals surface area contributed by atoms with Crippen molar-refractivity contribution in [2.24, 2.45) is 5.10 Å². The maximum Gasteiger partial charge on any atom is 0.387 e. The van der Waals surface area contributed by atoms with Crippen LogP contribution in [0.4, 0.5) is 8.78 Å². The Morgan fingerprint density at radius 2 is 2.04 bits per heavy atom.